The van der Waals surface area contributed by atoms with Crippen LogP contribution in [0.1, 0.15) is 13.8 Å². The number of nitrogens with zero attached hydrogens (tertiary/aromatic N) is 5. The van der Waals surface area contributed by atoms with E-state index in [9.17, 15) is 0 Å². The van der Waals surface area contributed by atoms with Gasteiger partial charge in [-0.05, 0) is 43.4 Å². The smallest absolute Gasteiger partial charge is 0.171 e. The summed E-state index contributed by atoms with van der Waals surface area (Å²) in [7, 11) is 3.21. The van der Waals surface area contributed by atoms with Gasteiger partial charge in [0, 0.05) is 23.6 Å². The van der Waals surface area contributed by atoms with Crippen molar-refractivity contribution >= 4 is 16.6 Å². The van der Waals surface area contributed by atoms with E-state index in [1.54, 1.807) is 20.5 Å². The third-order valence-electron chi connectivity index (χ3n) is 5.43. The largest absolute Gasteiger partial charge is 0.493 e. The summed E-state index contributed by atoms with van der Waals surface area (Å²) >= 11 is 0. The predicted octanol–water partition coefficient (Wildman–Crippen LogP) is 3.68. The number of benzene rings is 2. The van der Waals surface area contributed by atoms with Crippen molar-refractivity contribution in [3.05, 3.63) is 42.7 Å². The van der Waals surface area contributed by atoms with E-state index in [2.05, 4.69) is 33.9 Å². The fourth-order valence-electron chi connectivity index (χ4n) is 3.59. The number of aromatic nitrogens is 4. The van der Waals surface area contributed by atoms with Gasteiger partial charge in [0.1, 0.15) is 18.7 Å². The molecule has 8 nitrogen and oxygen atoms in total. The van der Waals surface area contributed by atoms with Crippen LogP contribution < -0.4 is 14.2 Å². The molecular formula is C23H27N5O3. The molecular weight excluding hydrogens is 394 g/mol. The molecule has 0 unspecified atom stereocenters. The molecule has 4 rings (SSSR count). The van der Waals surface area contributed by atoms with E-state index in [-0.39, 0.29) is 0 Å². The summed E-state index contributed by atoms with van der Waals surface area (Å²) in [5.74, 6) is 2.81. The summed E-state index contributed by atoms with van der Waals surface area (Å²) in [6.07, 6.45) is 1.73. The minimum Gasteiger partial charge on any atom is -0.493 e. The van der Waals surface area contributed by atoms with Crippen LogP contribution in [0.5, 0.6) is 17.2 Å². The molecule has 0 aliphatic rings. The number of methoxy groups -OCH3 is 2. The van der Waals surface area contributed by atoms with Gasteiger partial charge in [0.15, 0.2) is 23.0 Å². The molecule has 0 radical (unpaired) electrons. The summed E-state index contributed by atoms with van der Waals surface area (Å²) < 4.78 is 18.6. The Balaban J connectivity index is 1.60. The highest BCUT2D eigenvalue weighted by Gasteiger charge is 2.15. The molecule has 0 N–H and O–H groups in total. The Kier molecular flexibility index (Phi) is 6.18. The minimum atomic E-state index is 0.626. The monoisotopic (exact) mass is 421 g/mol. The molecule has 0 saturated carbocycles. The molecule has 0 atom stereocenters. The molecule has 0 saturated heterocycles. The Morgan fingerprint density at radius 2 is 1.65 bits per heavy atom. The van der Waals surface area contributed by atoms with Gasteiger partial charge in [-0.25, -0.2) is 4.98 Å². The van der Waals surface area contributed by atoms with Crippen molar-refractivity contribution in [1.82, 2.24) is 24.5 Å². The van der Waals surface area contributed by atoms with Gasteiger partial charge in [0.05, 0.1) is 19.7 Å². The SMILES string of the molecule is CCN(CC)CCOc1ccc(-c2nnc3c4cc(OC)c(OC)cc4ncn23)cc1. The van der Waals surface area contributed by atoms with E-state index in [0.29, 0.717) is 29.6 Å². The van der Waals surface area contributed by atoms with Gasteiger partial charge in [0.25, 0.3) is 0 Å². The number of hydrogen-bond donors (Lipinski definition) is 0. The van der Waals surface area contributed by atoms with Crippen molar-refractivity contribution in [2.75, 3.05) is 40.5 Å². The molecule has 2 aromatic carbocycles. The maximum Gasteiger partial charge on any atom is 0.171 e. The topological polar surface area (TPSA) is 74.0 Å². The van der Waals surface area contributed by atoms with Gasteiger partial charge in [-0.2, -0.15) is 0 Å². The first-order valence-electron chi connectivity index (χ1n) is 10.4. The summed E-state index contributed by atoms with van der Waals surface area (Å²) in [6, 6.07) is 11.6. The Morgan fingerprint density at radius 3 is 2.32 bits per heavy atom. The first kappa shape index (κ1) is 20.9. The number of fused-ring (bicyclic) bond motifs is 3. The van der Waals surface area contributed by atoms with Crippen LogP contribution >= 0.6 is 0 Å². The third kappa shape index (κ3) is 4.11. The molecule has 4 aromatic rings. The molecule has 2 aromatic heterocycles. The number of rotatable bonds is 9. The van der Waals surface area contributed by atoms with Gasteiger partial charge >= 0.3 is 0 Å². The second kappa shape index (κ2) is 9.18. The summed E-state index contributed by atoms with van der Waals surface area (Å²) in [5, 5.41) is 9.65. The minimum absolute atomic E-state index is 0.626. The second-order valence-electron chi connectivity index (χ2n) is 7.09. The van der Waals surface area contributed by atoms with Crippen LogP contribution in [0.25, 0.3) is 27.9 Å². The Labute approximate surface area is 181 Å². The molecule has 0 fully saturated rings. The summed E-state index contributed by atoms with van der Waals surface area (Å²) in [4.78, 5) is 6.89. The normalized spacial score (nSPS) is 11.4. The van der Waals surface area contributed by atoms with Crippen molar-refractivity contribution in [1.29, 1.82) is 0 Å². The van der Waals surface area contributed by atoms with E-state index in [1.807, 2.05) is 40.8 Å². The Bertz CT molecular complexity index is 1170. The number of likely N-dealkylation sites (N-methyl/N-ethyl adjacent to an activating group) is 1. The van der Waals surface area contributed by atoms with Crippen molar-refractivity contribution < 1.29 is 14.2 Å². The van der Waals surface area contributed by atoms with Crippen molar-refractivity contribution in [2.24, 2.45) is 0 Å². The highest BCUT2D eigenvalue weighted by molar-refractivity contribution is 5.94. The zero-order valence-electron chi connectivity index (χ0n) is 18.3. The van der Waals surface area contributed by atoms with E-state index in [0.717, 1.165) is 41.9 Å². The van der Waals surface area contributed by atoms with Crippen LogP contribution in [0, 0.1) is 0 Å². The average molecular weight is 422 g/mol. The lowest BCUT2D eigenvalue weighted by Crippen LogP contribution is -2.27. The maximum atomic E-state index is 5.88. The van der Waals surface area contributed by atoms with Crippen LogP contribution in [0.4, 0.5) is 0 Å². The van der Waals surface area contributed by atoms with Gasteiger partial charge in [-0.15, -0.1) is 10.2 Å². The lowest BCUT2D eigenvalue weighted by molar-refractivity contribution is 0.223. The quantitative estimate of drug-likeness (QED) is 0.408. The second-order valence-corrected chi connectivity index (χ2v) is 7.09. The van der Waals surface area contributed by atoms with E-state index in [1.165, 1.54) is 0 Å². The zero-order valence-corrected chi connectivity index (χ0v) is 18.3. The third-order valence-corrected chi connectivity index (χ3v) is 5.43. The molecule has 2 heterocycles. The van der Waals surface area contributed by atoms with Crippen LogP contribution in [0.15, 0.2) is 42.7 Å². The molecule has 31 heavy (non-hydrogen) atoms. The highest BCUT2D eigenvalue weighted by Crippen LogP contribution is 2.33. The van der Waals surface area contributed by atoms with Crippen LogP contribution in [-0.2, 0) is 0 Å². The fourth-order valence-corrected chi connectivity index (χ4v) is 3.59. The molecule has 0 aliphatic carbocycles. The number of hydrogen-bond acceptors (Lipinski definition) is 7. The fraction of sp³-hybridized carbons (Fsp3) is 0.348. The first-order valence-corrected chi connectivity index (χ1v) is 10.4. The molecule has 0 bridgehead atoms. The molecule has 0 aliphatic heterocycles. The maximum absolute atomic E-state index is 5.88. The van der Waals surface area contributed by atoms with E-state index >= 15 is 0 Å². The van der Waals surface area contributed by atoms with E-state index < -0.39 is 0 Å². The van der Waals surface area contributed by atoms with Crippen molar-refractivity contribution in [3.63, 3.8) is 0 Å². The summed E-state index contributed by atoms with van der Waals surface area (Å²) in [6.45, 7) is 7.95. The highest BCUT2D eigenvalue weighted by atomic mass is 16.5. The van der Waals surface area contributed by atoms with Gasteiger partial charge in [-0.3, -0.25) is 4.40 Å². The molecule has 0 spiro atoms. The number of ether oxygens (including phenoxy) is 3. The van der Waals surface area contributed by atoms with E-state index in [4.69, 9.17) is 14.2 Å². The van der Waals surface area contributed by atoms with Crippen LogP contribution in [0.2, 0.25) is 0 Å². The Morgan fingerprint density at radius 1 is 0.935 bits per heavy atom. The Hall–Kier alpha value is -3.39. The average Bonchev–Trinajstić information content (AvgIpc) is 3.26. The van der Waals surface area contributed by atoms with Gasteiger partial charge < -0.3 is 19.1 Å². The lowest BCUT2D eigenvalue weighted by Gasteiger charge is -2.18. The van der Waals surface area contributed by atoms with Gasteiger partial charge in [0.2, 0.25) is 0 Å². The molecule has 162 valence electrons. The van der Waals surface area contributed by atoms with Crippen molar-refractivity contribution in [3.8, 4) is 28.6 Å². The molecule has 8 heteroatoms. The van der Waals surface area contributed by atoms with Crippen LogP contribution in [-0.4, -0.2) is 64.9 Å². The molecule has 0 amide bonds. The van der Waals surface area contributed by atoms with Crippen molar-refractivity contribution in [2.45, 2.75) is 13.8 Å². The predicted molar refractivity (Wildman–Crippen MR) is 120 cm³/mol. The van der Waals surface area contributed by atoms with Crippen LogP contribution in [0.3, 0.4) is 0 Å². The summed E-state index contributed by atoms with van der Waals surface area (Å²) in [5.41, 5.74) is 2.41. The van der Waals surface area contributed by atoms with Gasteiger partial charge in [-0.1, -0.05) is 13.8 Å². The zero-order chi connectivity index (χ0) is 21.8. The first-order chi connectivity index (χ1) is 15.2. The standard InChI is InChI=1S/C23H27N5O3/c1-5-27(6-2)11-12-31-17-9-7-16(8-10-17)22-25-26-23-18-13-20(29-3)21(30-4)14-19(18)24-15-28(22)23/h7-10,13-15H,5-6,11-12H2,1-4H3. The lowest BCUT2D eigenvalue weighted by atomic mass is 10.2.